The number of anilines is 1. The van der Waals surface area contributed by atoms with E-state index in [4.69, 9.17) is 20.5 Å². The Hall–Kier alpha value is -3.33. The fourth-order valence-electron chi connectivity index (χ4n) is 2.30. The lowest BCUT2D eigenvalue weighted by atomic mass is 10.1. The highest BCUT2D eigenvalue weighted by atomic mass is 16.5. The van der Waals surface area contributed by atoms with Crippen LogP contribution in [0, 0.1) is 11.3 Å². The van der Waals surface area contributed by atoms with Crippen molar-refractivity contribution < 1.29 is 9.47 Å². The molecule has 23 heavy (non-hydrogen) atoms. The third kappa shape index (κ3) is 2.60. The molecule has 6 nitrogen and oxygen atoms in total. The van der Waals surface area contributed by atoms with Gasteiger partial charge in [0, 0.05) is 17.0 Å². The summed E-state index contributed by atoms with van der Waals surface area (Å²) in [5, 5.41) is 9.56. The number of nitrogens with zero attached hydrogens (tertiary/aromatic N) is 3. The van der Waals surface area contributed by atoms with E-state index in [9.17, 15) is 0 Å². The molecule has 0 amide bonds. The standard InChI is InChI=1S/C17H14N4O2/c1-22-14-7-12-13(8-15(14)23-2)20-17(21-16(12)19)11-5-3-10(9-18)4-6-11/h3-8H,1-2H3,(H2,19,20,21). The first-order valence-electron chi connectivity index (χ1n) is 6.86. The fourth-order valence-corrected chi connectivity index (χ4v) is 2.30. The molecule has 0 aliphatic carbocycles. The summed E-state index contributed by atoms with van der Waals surface area (Å²) in [7, 11) is 3.13. The van der Waals surface area contributed by atoms with Crippen molar-refractivity contribution in [3.8, 4) is 29.0 Å². The van der Waals surface area contributed by atoms with E-state index < -0.39 is 0 Å². The highest BCUT2D eigenvalue weighted by Gasteiger charge is 2.12. The van der Waals surface area contributed by atoms with Crippen molar-refractivity contribution in [1.29, 1.82) is 5.26 Å². The van der Waals surface area contributed by atoms with Gasteiger partial charge in [-0.05, 0) is 30.3 Å². The Labute approximate surface area is 133 Å². The predicted molar refractivity (Wildman–Crippen MR) is 87.2 cm³/mol. The van der Waals surface area contributed by atoms with Gasteiger partial charge in [-0.1, -0.05) is 0 Å². The van der Waals surface area contributed by atoms with Crippen LogP contribution in [0.15, 0.2) is 36.4 Å². The molecule has 114 valence electrons. The number of hydrogen-bond acceptors (Lipinski definition) is 6. The minimum Gasteiger partial charge on any atom is -0.493 e. The lowest BCUT2D eigenvalue weighted by Gasteiger charge is -2.11. The molecule has 0 fully saturated rings. The molecule has 0 atom stereocenters. The first-order valence-corrected chi connectivity index (χ1v) is 6.86. The molecule has 6 heteroatoms. The van der Waals surface area contributed by atoms with Gasteiger partial charge in [0.1, 0.15) is 5.82 Å². The van der Waals surface area contributed by atoms with Crippen molar-refractivity contribution in [2.75, 3.05) is 20.0 Å². The number of fused-ring (bicyclic) bond motifs is 1. The molecule has 0 unspecified atom stereocenters. The molecular weight excluding hydrogens is 292 g/mol. The Kier molecular flexibility index (Phi) is 3.69. The van der Waals surface area contributed by atoms with Crippen molar-refractivity contribution >= 4 is 16.7 Å². The lowest BCUT2D eigenvalue weighted by molar-refractivity contribution is 0.356. The van der Waals surface area contributed by atoms with Crippen molar-refractivity contribution in [2.45, 2.75) is 0 Å². The number of nitrogens with two attached hydrogens (primary N) is 1. The van der Waals surface area contributed by atoms with E-state index in [0.29, 0.717) is 39.6 Å². The normalized spacial score (nSPS) is 10.3. The highest BCUT2D eigenvalue weighted by molar-refractivity contribution is 5.92. The van der Waals surface area contributed by atoms with Crippen molar-refractivity contribution in [2.24, 2.45) is 0 Å². The predicted octanol–water partition coefficient (Wildman–Crippen LogP) is 2.77. The van der Waals surface area contributed by atoms with Crippen LogP contribution in [0.2, 0.25) is 0 Å². The van der Waals surface area contributed by atoms with E-state index >= 15 is 0 Å². The van der Waals surface area contributed by atoms with Crippen LogP contribution >= 0.6 is 0 Å². The third-order valence-corrected chi connectivity index (χ3v) is 3.50. The number of nitriles is 1. The second-order valence-corrected chi connectivity index (χ2v) is 4.85. The molecule has 2 N–H and O–H groups in total. The number of benzene rings is 2. The molecule has 0 saturated heterocycles. The van der Waals surface area contributed by atoms with Crippen LogP contribution in [0.1, 0.15) is 5.56 Å². The topological polar surface area (TPSA) is 94.0 Å². The Morgan fingerprint density at radius 2 is 1.65 bits per heavy atom. The maximum absolute atomic E-state index is 8.86. The summed E-state index contributed by atoms with van der Waals surface area (Å²) in [6.45, 7) is 0. The third-order valence-electron chi connectivity index (χ3n) is 3.50. The van der Waals surface area contributed by atoms with Crippen LogP contribution in [0.25, 0.3) is 22.3 Å². The number of methoxy groups -OCH3 is 2. The highest BCUT2D eigenvalue weighted by Crippen LogP contribution is 2.34. The number of nitrogen functional groups attached to an aromatic ring is 1. The summed E-state index contributed by atoms with van der Waals surface area (Å²) in [6, 6.07) is 12.6. The smallest absolute Gasteiger partial charge is 0.162 e. The molecule has 1 aromatic heterocycles. The van der Waals surface area contributed by atoms with E-state index in [-0.39, 0.29) is 0 Å². The van der Waals surface area contributed by atoms with E-state index in [0.717, 1.165) is 5.56 Å². The van der Waals surface area contributed by atoms with Gasteiger partial charge in [0.05, 0.1) is 31.4 Å². The summed E-state index contributed by atoms with van der Waals surface area (Å²) in [4.78, 5) is 8.88. The van der Waals surface area contributed by atoms with Crippen LogP contribution in [0.5, 0.6) is 11.5 Å². The van der Waals surface area contributed by atoms with Gasteiger partial charge < -0.3 is 15.2 Å². The van der Waals surface area contributed by atoms with Gasteiger partial charge in [0.2, 0.25) is 0 Å². The molecule has 0 bridgehead atoms. The van der Waals surface area contributed by atoms with Crippen LogP contribution in [0.4, 0.5) is 5.82 Å². The summed E-state index contributed by atoms with van der Waals surface area (Å²) >= 11 is 0. The monoisotopic (exact) mass is 306 g/mol. The second kappa shape index (κ2) is 5.81. The molecular formula is C17H14N4O2. The number of rotatable bonds is 3. The maximum atomic E-state index is 8.86. The maximum Gasteiger partial charge on any atom is 0.162 e. The second-order valence-electron chi connectivity index (χ2n) is 4.85. The summed E-state index contributed by atoms with van der Waals surface area (Å²) in [6.07, 6.45) is 0. The van der Waals surface area contributed by atoms with Crippen LogP contribution in [0.3, 0.4) is 0 Å². The Morgan fingerprint density at radius 1 is 1.00 bits per heavy atom. The van der Waals surface area contributed by atoms with Gasteiger partial charge >= 0.3 is 0 Å². The molecule has 0 saturated carbocycles. The van der Waals surface area contributed by atoms with Crippen molar-refractivity contribution in [3.05, 3.63) is 42.0 Å². The van der Waals surface area contributed by atoms with Gasteiger partial charge in [0.15, 0.2) is 17.3 Å². The Balaban J connectivity index is 2.18. The zero-order valence-corrected chi connectivity index (χ0v) is 12.7. The molecule has 0 aliphatic rings. The van der Waals surface area contributed by atoms with Crippen LogP contribution < -0.4 is 15.2 Å². The molecule has 2 aromatic carbocycles. The molecule has 0 radical (unpaired) electrons. The van der Waals surface area contributed by atoms with Gasteiger partial charge in [-0.25, -0.2) is 9.97 Å². The van der Waals surface area contributed by atoms with E-state index in [1.165, 1.54) is 0 Å². The molecule has 3 rings (SSSR count). The summed E-state index contributed by atoms with van der Waals surface area (Å²) in [5.74, 6) is 1.99. The Bertz CT molecular complexity index is 915. The Morgan fingerprint density at radius 3 is 2.26 bits per heavy atom. The molecule has 1 heterocycles. The van der Waals surface area contributed by atoms with Gasteiger partial charge in [-0.15, -0.1) is 0 Å². The summed E-state index contributed by atoms with van der Waals surface area (Å²) < 4.78 is 10.6. The minimum absolute atomic E-state index is 0.357. The van der Waals surface area contributed by atoms with E-state index in [2.05, 4.69) is 16.0 Å². The largest absolute Gasteiger partial charge is 0.493 e. The van der Waals surface area contributed by atoms with E-state index in [1.54, 1.807) is 50.6 Å². The molecule has 3 aromatic rings. The first-order chi connectivity index (χ1) is 11.2. The fraction of sp³-hybridized carbons (Fsp3) is 0.118. The lowest BCUT2D eigenvalue weighted by Crippen LogP contribution is -1.99. The zero-order chi connectivity index (χ0) is 16.4. The van der Waals surface area contributed by atoms with Crippen LogP contribution in [-0.2, 0) is 0 Å². The minimum atomic E-state index is 0.357. The number of aromatic nitrogens is 2. The molecule has 0 aliphatic heterocycles. The quantitative estimate of drug-likeness (QED) is 0.799. The summed E-state index contributed by atoms with van der Waals surface area (Å²) in [5.41, 5.74) is 8.09. The SMILES string of the molecule is COc1cc2nc(-c3ccc(C#N)cc3)nc(N)c2cc1OC. The van der Waals surface area contributed by atoms with Crippen molar-refractivity contribution in [1.82, 2.24) is 9.97 Å². The first kappa shape index (κ1) is 14.6. The van der Waals surface area contributed by atoms with Crippen LogP contribution in [-0.4, -0.2) is 24.2 Å². The average molecular weight is 306 g/mol. The average Bonchev–Trinajstić information content (AvgIpc) is 2.60. The van der Waals surface area contributed by atoms with E-state index in [1.807, 2.05) is 0 Å². The molecule has 0 spiro atoms. The number of hydrogen-bond donors (Lipinski definition) is 1. The van der Waals surface area contributed by atoms with Crippen molar-refractivity contribution in [3.63, 3.8) is 0 Å². The van der Waals surface area contributed by atoms with Gasteiger partial charge in [0.25, 0.3) is 0 Å². The number of ether oxygens (including phenoxy) is 2. The van der Waals surface area contributed by atoms with Gasteiger partial charge in [-0.3, -0.25) is 0 Å². The van der Waals surface area contributed by atoms with Gasteiger partial charge in [-0.2, -0.15) is 5.26 Å². The zero-order valence-electron chi connectivity index (χ0n) is 12.7.